The summed E-state index contributed by atoms with van der Waals surface area (Å²) < 4.78 is 6.04. The lowest BCUT2D eigenvalue weighted by Crippen LogP contribution is -2.08. The molecule has 0 radical (unpaired) electrons. The molecular weight excluding hydrogens is 250 g/mol. The Kier molecular flexibility index (Phi) is 3.28. The van der Waals surface area contributed by atoms with Crippen molar-refractivity contribution in [2.45, 2.75) is 26.4 Å². The third kappa shape index (κ3) is 2.32. The number of hydrogen-bond acceptors (Lipinski definition) is 3. The van der Waals surface area contributed by atoms with E-state index >= 15 is 0 Å². The van der Waals surface area contributed by atoms with Crippen molar-refractivity contribution in [2.24, 2.45) is 0 Å². The Morgan fingerprint density at radius 1 is 1.25 bits per heavy atom. The topological polar surface area (TPSA) is 42.4 Å². The summed E-state index contributed by atoms with van der Waals surface area (Å²) in [6.45, 7) is 3.80. The maximum atomic E-state index is 9.95. The van der Waals surface area contributed by atoms with E-state index in [1.807, 2.05) is 25.1 Å². The van der Waals surface area contributed by atoms with Crippen LogP contribution in [0.1, 0.15) is 35.3 Å². The Labute approximate surface area is 118 Å². The monoisotopic (exact) mass is 267 g/mol. The second-order valence-corrected chi connectivity index (χ2v) is 5.13. The van der Waals surface area contributed by atoms with Gasteiger partial charge in [0.15, 0.2) is 0 Å². The number of ether oxygens (including phenoxy) is 1. The SMILES string of the molecule is Cc1cc2c(c(C(C)O)c1)OC(c1ccncc1)=CC2. The van der Waals surface area contributed by atoms with Crippen molar-refractivity contribution >= 4 is 5.76 Å². The zero-order chi connectivity index (χ0) is 14.1. The van der Waals surface area contributed by atoms with Gasteiger partial charge in [-0.25, -0.2) is 0 Å². The van der Waals surface area contributed by atoms with Crippen LogP contribution in [-0.2, 0) is 6.42 Å². The number of aliphatic hydroxyl groups excluding tert-OH is 1. The molecule has 3 nitrogen and oxygen atoms in total. The van der Waals surface area contributed by atoms with E-state index in [2.05, 4.69) is 17.1 Å². The third-order valence-corrected chi connectivity index (χ3v) is 3.47. The standard InChI is InChI=1S/C17H17NO2/c1-11-9-14-3-4-16(13-5-7-18-8-6-13)20-17(14)15(10-11)12(2)19/h4-10,12,19H,3H2,1-2H3. The number of aliphatic hydroxyl groups is 1. The van der Waals surface area contributed by atoms with Crippen molar-refractivity contribution in [3.05, 3.63) is 65.0 Å². The van der Waals surface area contributed by atoms with Gasteiger partial charge in [-0.3, -0.25) is 4.98 Å². The van der Waals surface area contributed by atoms with Crippen LogP contribution < -0.4 is 4.74 Å². The van der Waals surface area contributed by atoms with E-state index in [1.54, 1.807) is 19.3 Å². The van der Waals surface area contributed by atoms with Crippen molar-refractivity contribution in [1.82, 2.24) is 4.98 Å². The minimum atomic E-state index is -0.541. The lowest BCUT2D eigenvalue weighted by atomic mass is 9.97. The Hall–Kier alpha value is -2.13. The molecule has 0 bridgehead atoms. The summed E-state index contributed by atoms with van der Waals surface area (Å²) in [5.41, 5.74) is 4.12. The van der Waals surface area contributed by atoms with Crippen molar-refractivity contribution < 1.29 is 9.84 Å². The van der Waals surface area contributed by atoms with Gasteiger partial charge in [0.2, 0.25) is 0 Å². The fourth-order valence-electron chi connectivity index (χ4n) is 2.51. The van der Waals surface area contributed by atoms with Gasteiger partial charge in [0.05, 0.1) is 6.10 Å². The Balaban J connectivity index is 2.02. The summed E-state index contributed by atoms with van der Waals surface area (Å²) in [6, 6.07) is 7.94. The van der Waals surface area contributed by atoms with Gasteiger partial charge in [-0.15, -0.1) is 0 Å². The Morgan fingerprint density at radius 3 is 2.70 bits per heavy atom. The lowest BCUT2D eigenvalue weighted by Gasteiger charge is -2.23. The van der Waals surface area contributed by atoms with Crippen LogP contribution in [0.15, 0.2) is 42.7 Å². The molecular formula is C17H17NO2. The number of aryl methyl sites for hydroxylation is 1. The highest BCUT2D eigenvalue weighted by Gasteiger charge is 2.20. The molecule has 0 saturated carbocycles. The van der Waals surface area contributed by atoms with Crippen molar-refractivity contribution in [2.75, 3.05) is 0 Å². The zero-order valence-electron chi connectivity index (χ0n) is 11.6. The normalized spacial score (nSPS) is 15.1. The molecule has 0 fully saturated rings. The number of nitrogens with zero attached hydrogens (tertiary/aromatic N) is 1. The van der Waals surface area contributed by atoms with Gasteiger partial charge in [-0.05, 0) is 50.1 Å². The van der Waals surface area contributed by atoms with Gasteiger partial charge < -0.3 is 9.84 Å². The molecule has 2 heterocycles. The maximum absolute atomic E-state index is 9.95. The molecule has 0 spiro atoms. The summed E-state index contributed by atoms with van der Waals surface area (Å²) in [5.74, 6) is 1.62. The van der Waals surface area contributed by atoms with E-state index in [0.29, 0.717) is 0 Å². The van der Waals surface area contributed by atoms with Gasteiger partial charge in [0.1, 0.15) is 11.5 Å². The predicted octanol–water partition coefficient (Wildman–Crippen LogP) is 3.42. The lowest BCUT2D eigenvalue weighted by molar-refractivity contribution is 0.195. The van der Waals surface area contributed by atoms with Crippen LogP contribution in [0.3, 0.4) is 0 Å². The summed E-state index contributed by atoms with van der Waals surface area (Å²) in [4.78, 5) is 4.02. The largest absolute Gasteiger partial charge is 0.456 e. The molecule has 20 heavy (non-hydrogen) atoms. The molecule has 0 aliphatic carbocycles. The minimum absolute atomic E-state index is 0.541. The molecule has 1 aliphatic rings. The first-order valence-electron chi connectivity index (χ1n) is 6.75. The summed E-state index contributed by atoms with van der Waals surface area (Å²) >= 11 is 0. The molecule has 1 unspecified atom stereocenters. The van der Waals surface area contributed by atoms with Crippen molar-refractivity contribution in [1.29, 1.82) is 0 Å². The molecule has 3 rings (SSSR count). The number of rotatable bonds is 2. The fraction of sp³-hybridized carbons (Fsp3) is 0.235. The Morgan fingerprint density at radius 2 is 2.00 bits per heavy atom. The number of hydrogen-bond donors (Lipinski definition) is 1. The minimum Gasteiger partial charge on any atom is -0.456 e. The van der Waals surface area contributed by atoms with Crippen molar-refractivity contribution in [3.63, 3.8) is 0 Å². The van der Waals surface area contributed by atoms with Crippen molar-refractivity contribution in [3.8, 4) is 5.75 Å². The fourth-order valence-corrected chi connectivity index (χ4v) is 2.51. The van der Waals surface area contributed by atoms with Crippen LogP contribution in [0, 0.1) is 6.92 Å². The van der Waals surface area contributed by atoms with Gasteiger partial charge in [-0.2, -0.15) is 0 Å². The average Bonchev–Trinajstić information content (AvgIpc) is 2.46. The summed E-state index contributed by atoms with van der Waals surface area (Å²) in [6.07, 6.45) is 5.84. The number of benzene rings is 1. The number of allylic oxidation sites excluding steroid dienone is 1. The van der Waals surface area contributed by atoms with Gasteiger partial charge in [-0.1, -0.05) is 11.6 Å². The molecule has 0 amide bonds. The highest BCUT2D eigenvalue weighted by atomic mass is 16.5. The average molecular weight is 267 g/mol. The zero-order valence-corrected chi connectivity index (χ0v) is 11.6. The first-order chi connectivity index (χ1) is 9.65. The third-order valence-electron chi connectivity index (χ3n) is 3.47. The number of pyridine rings is 1. The van der Waals surface area contributed by atoms with Crippen LogP contribution in [-0.4, -0.2) is 10.1 Å². The van der Waals surface area contributed by atoms with Gasteiger partial charge in [0.25, 0.3) is 0 Å². The molecule has 1 N–H and O–H groups in total. The van der Waals surface area contributed by atoms with Crippen LogP contribution in [0.2, 0.25) is 0 Å². The smallest absolute Gasteiger partial charge is 0.136 e. The predicted molar refractivity (Wildman–Crippen MR) is 78.4 cm³/mol. The van der Waals surface area contributed by atoms with Crippen LogP contribution >= 0.6 is 0 Å². The Bertz CT molecular complexity index is 660. The molecule has 3 heteroatoms. The van der Waals surface area contributed by atoms with E-state index in [-0.39, 0.29) is 0 Å². The highest BCUT2D eigenvalue weighted by molar-refractivity contribution is 5.66. The molecule has 2 aromatic rings. The van der Waals surface area contributed by atoms with E-state index in [1.165, 1.54) is 0 Å². The van der Waals surface area contributed by atoms with Gasteiger partial charge >= 0.3 is 0 Å². The number of fused-ring (bicyclic) bond motifs is 1. The van der Waals surface area contributed by atoms with E-state index < -0.39 is 6.10 Å². The highest BCUT2D eigenvalue weighted by Crippen LogP contribution is 2.37. The quantitative estimate of drug-likeness (QED) is 0.906. The molecule has 1 aliphatic heterocycles. The van der Waals surface area contributed by atoms with Crippen LogP contribution in [0.25, 0.3) is 5.76 Å². The first-order valence-corrected chi connectivity index (χ1v) is 6.75. The molecule has 1 atom stereocenters. The van der Waals surface area contributed by atoms with E-state index in [4.69, 9.17) is 4.74 Å². The molecule has 1 aromatic carbocycles. The summed E-state index contributed by atoms with van der Waals surface area (Å²) in [7, 11) is 0. The first kappa shape index (κ1) is 12.9. The van der Waals surface area contributed by atoms with Gasteiger partial charge in [0, 0.05) is 23.5 Å². The van der Waals surface area contributed by atoms with E-state index in [0.717, 1.165) is 40.2 Å². The second-order valence-electron chi connectivity index (χ2n) is 5.13. The van der Waals surface area contributed by atoms with Crippen LogP contribution in [0.5, 0.6) is 5.75 Å². The number of aromatic nitrogens is 1. The van der Waals surface area contributed by atoms with E-state index in [9.17, 15) is 5.11 Å². The second kappa shape index (κ2) is 5.10. The van der Waals surface area contributed by atoms with Crippen LogP contribution in [0.4, 0.5) is 0 Å². The summed E-state index contributed by atoms with van der Waals surface area (Å²) in [5, 5.41) is 9.95. The molecule has 102 valence electrons. The molecule has 1 aromatic heterocycles. The maximum Gasteiger partial charge on any atom is 0.136 e. The molecule has 0 saturated heterocycles.